The Bertz CT molecular complexity index is 1200. The van der Waals surface area contributed by atoms with Gasteiger partial charge in [-0.1, -0.05) is 60.7 Å². The Morgan fingerprint density at radius 3 is 1.87 bits per heavy atom. The van der Waals surface area contributed by atoms with Crippen LogP contribution in [0.4, 0.5) is 11.4 Å². The van der Waals surface area contributed by atoms with Gasteiger partial charge in [0.25, 0.3) is 11.4 Å². The van der Waals surface area contributed by atoms with Crippen LogP contribution < -0.4 is 4.72 Å². The maximum atomic E-state index is 13.1. The zero-order valence-corrected chi connectivity index (χ0v) is 16.7. The molecule has 0 unspecified atom stereocenters. The molecular formula is C20H17N3O7S. The lowest BCUT2D eigenvalue weighted by Crippen LogP contribution is -2.33. The average molecular weight is 443 g/mol. The van der Waals surface area contributed by atoms with Crippen molar-refractivity contribution in [2.45, 2.75) is 17.0 Å². The first-order valence-electron chi connectivity index (χ1n) is 8.94. The van der Waals surface area contributed by atoms with Crippen LogP contribution in [0.2, 0.25) is 0 Å². The number of rotatable bonds is 8. The van der Waals surface area contributed by atoms with Crippen LogP contribution in [0.5, 0.6) is 0 Å². The highest BCUT2D eigenvalue weighted by molar-refractivity contribution is 7.89. The molecular weight excluding hydrogens is 426 g/mol. The standard InChI is InChI=1S/C20H17N3O7S/c24-20(15-9-5-2-6-10-15)19(14-7-3-1-4-8-14)21-31(29,30)18-12-11-16(22(25)26)13-17(18)23(27)28/h1-13,19-21,24H/t19-,20+/m0/s1. The molecule has 2 N–H and O–H groups in total. The van der Waals surface area contributed by atoms with E-state index in [2.05, 4.69) is 4.72 Å². The van der Waals surface area contributed by atoms with Gasteiger partial charge in [-0.15, -0.1) is 0 Å². The zero-order valence-electron chi connectivity index (χ0n) is 15.9. The minimum absolute atomic E-state index is 0.423. The van der Waals surface area contributed by atoms with Crippen molar-refractivity contribution in [2.75, 3.05) is 0 Å². The summed E-state index contributed by atoms with van der Waals surface area (Å²) < 4.78 is 28.4. The van der Waals surface area contributed by atoms with E-state index in [-0.39, 0.29) is 0 Å². The number of non-ortho nitro benzene ring substituents is 1. The van der Waals surface area contributed by atoms with Crippen molar-refractivity contribution in [3.05, 3.63) is 110 Å². The number of nitro benzene ring substituents is 2. The Labute approximate surface area is 177 Å². The largest absolute Gasteiger partial charge is 0.386 e. The van der Waals surface area contributed by atoms with E-state index in [9.17, 15) is 33.8 Å². The first-order chi connectivity index (χ1) is 14.7. The molecule has 0 radical (unpaired) electrons. The van der Waals surface area contributed by atoms with Crippen LogP contribution in [0, 0.1) is 20.2 Å². The number of nitrogens with zero attached hydrogens (tertiary/aromatic N) is 2. The SMILES string of the molecule is O=[N+]([O-])c1ccc(S(=O)(=O)N[C@@H](c2ccccc2)[C@H](O)c2ccccc2)c([N+](=O)[O-])c1. The number of aliphatic hydroxyl groups is 1. The Kier molecular flexibility index (Phi) is 6.39. The molecule has 3 rings (SSSR count). The van der Waals surface area contributed by atoms with Crippen LogP contribution in [0.25, 0.3) is 0 Å². The van der Waals surface area contributed by atoms with E-state index in [1.54, 1.807) is 60.7 Å². The van der Waals surface area contributed by atoms with E-state index in [4.69, 9.17) is 0 Å². The van der Waals surface area contributed by atoms with Crippen molar-refractivity contribution < 1.29 is 23.4 Å². The van der Waals surface area contributed by atoms with Gasteiger partial charge in [-0.3, -0.25) is 20.2 Å². The summed E-state index contributed by atoms with van der Waals surface area (Å²) in [6.07, 6.45) is -1.31. The van der Waals surface area contributed by atoms with Crippen LogP contribution in [0.15, 0.2) is 83.8 Å². The monoisotopic (exact) mass is 443 g/mol. The third kappa shape index (κ3) is 4.91. The molecule has 10 nitrogen and oxygen atoms in total. The number of hydrogen-bond acceptors (Lipinski definition) is 7. The van der Waals surface area contributed by atoms with E-state index in [1.165, 1.54) is 0 Å². The van der Waals surface area contributed by atoms with Gasteiger partial charge in [0, 0.05) is 6.07 Å². The van der Waals surface area contributed by atoms with E-state index >= 15 is 0 Å². The molecule has 0 spiro atoms. The molecule has 0 saturated heterocycles. The number of hydrogen-bond donors (Lipinski definition) is 2. The molecule has 31 heavy (non-hydrogen) atoms. The van der Waals surface area contributed by atoms with Gasteiger partial charge in [0.1, 0.15) is 0 Å². The molecule has 0 heterocycles. The predicted molar refractivity (Wildman–Crippen MR) is 111 cm³/mol. The summed E-state index contributed by atoms with van der Waals surface area (Å²) in [6.45, 7) is 0. The quantitative estimate of drug-likeness (QED) is 0.400. The lowest BCUT2D eigenvalue weighted by Gasteiger charge is -2.25. The highest BCUT2D eigenvalue weighted by atomic mass is 32.2. The van der Waals surface area contributed by atoms with Crippen LogP contribution in [-0.2, 0) is 10.0 Å². The molecule has 0 fully saturated rings. The summed E-state index contributed by atoms with van der Waals surface area (Å²) in [4.78, 5) is 19.7. The summed E-state index contributed by atoms with van der Waals surface area (Å²) in [5, 5.41) is 33.2. The number of sulfonamides is 1. The molecule has 0 aromatic heterocycles. The maximum Gasteiger partial charge on any atom is 0.296 e. The number of benzene rings is 3. The van der Waals surface area contributed by atoms with Crippen molar-refractivity contribution in [1.82, 2.24) is 4.72 Å². The molecule has 0 saturated carbocycles. The van der Waals surface area contributed by atoms with E-state index in [1.807, 2.05) is 0 Å². The molecule has 160 valence electrons. The number of aliphatic hydroxyl groups excluding tert-OH is 1. The summed E-state index contributed by atoms with van der Waals surface area (Å²) >= 11 is 0. The lowest BCUT2D eigenvalue weighted by molar-refractivity contribution is -0.396. The number of nitro groups is 2. The van der Waals surface area contributed by atoms with Crippen LogP contribution >= 0.6 is 0 Å². The minimum Gasteiger partial charge on any atom is -0.386 e. The molecule has 0 aliphatic rings. The smallest absolute Gasteiger partial charge is 0.296 e. The fraction of sp³-hybridized carbons (Fsp3) is 0.100. The Morgan fingerprint density at radius 2 is 1.35 bits per heavy atom. The highest BCUT2D eigenvalue weighted by Gasteiger charge is 2.33. The third-order valence-electron chi connectivity index (χ3n) is 4.54. The minimum atomic E-state index is -4.55. The van der Waals surface area contributed by atoms with Crippen LogP contribution in [0.1, 0.15) is 23.3 Å². The maximum absolute atomic E-state index is 13.1. The van der Waals surface area contributed by atoms with Gasteiger partial charge in [0.15, 0.2) is 4.90 Å². The summed E-state index contributed by atoms with van der Waals surface area (Å²) in [7, 11) is -4.55. The van der Waals surface area contributed by atoms with Gasteiger partial charge < -0.3 is 5.11 Å². The molecule has 0 aliphatic heterocycles. The molecule has 3 aromatic carbocycles. The van der Waals surface area contributed by atoms with Crippen LogP contribution in [-0.4, -0.2) is 23.4 Å². The average Bonchev–Trinajstić information content (AvgIpc) is 2.77. The van der Waals surface area contributed by atoms with E-state index in [0.29, 0.717) is 17.2 Å². The van der Waals surface area contributed by atoms with Gasteiger partial charge in [-0.2, -0.15) is 0 Å². The van der Waals surface area contributed by atoms with E-state index < -0.39 is 48.3 Å². The molecule has 0 bridgehead atoms. The third-order valence-corrected chi connectivity index (χ3v) is 6.03. The molecule has 0 amide bonds. The topological polar surface area (TPSA) is 153 Å². The van der Waals surface area contributed by atoms with E-state index in [0.717, 1.165) is 12.1 Å². The van der Waals surface area contributed by atoms with Gasteiger partial charge in [0.2, 0.25) is 10.0 Å². The molecule has 3 aromatic rings. The van der Waals surface area contributed by atoms with Gasteiger partial charge in [-0.25, -0.2) is 13.1 Å². The Morgan fingerprint density at radius 1 is 0.806 bits per heavy atom. The van der Waals surface area contributed by atoms with Crippen molar-refractivity contribution in [3.8, 4) is 0 Å². The van der Waals surface area contributed by atoms with Gasteiger partial charge in [-0.05, 0) is 17.2 Å². The van der Waals surface area contributed by atoms with Gasteiger partial charge in [0.05, 0.1) is 28.1 Å². The fourth-order valence-corrected chi connectivity index (χ4v) is 4.42. The second kappa shape index (κ2) is 9.00. The molecule has 0 aliphatic carbocycles. The van der Waals surface area contributed by atoms with Crippen molar-refractivity contribution in [3.63, 3.8) is 0 Å². The molecule has 11 heteroatoms. The summed E-state index contributed by atoms with van der Waals surface area (Å²) in [5.41, 5.74) is -0.707. The second-order valence-corrected chi connectivity index (χ2v) is 8.21. The zero-order chi connectivity index (χ0) is 22.6. The Balaban J connectivity index is 2.07. The summed E-state index contributed by atoms with van der Waals surface area (Å²) in [6, 6.07) is 17.6. The fourth-order valence-electron chi connectivity index (χ4n) is 3.04. The molecule has 2 atom stereocenters. The first kappa shape index (κ1) is 22.0. The predicted octanol–water partition coefficient (Wildman–Crippen LogP) is 3.26. The first-order valence-corrected chi connectivity index (χ1v) is 10.4. The second-order valence-electron chi connectivity index (χ2n) is 6.53. The van der Waals surface area contributed by atoms with Crippen molar-refractivity contribution >= 4 is 21.4 Å². The number of nitrogens with one attached hydrogen (secondary N) is 1. The highest BCUT2D eigenvalue weighted by Crippen LogP contribution is 2.33. The Hall–Kier alpha value is -3.67. The van der Waals surface area contributed by atoms with Crippen LogP contribution in [0.3, 0.4) is 0 Å². The summed E-state index contributed by atoms with van der Waals surface area (Å²) in [5.74, 6) is 0. The van der Waals surface area contributed by atoms with Crippen molar-refractivity contribution in [2.24, 2.45) is 0 Å². The van der Waals surface area contributed by atoms with Gasteiger partial charge >= 0.3 is 0 Å². The normalized spacial score (nSPS) is 13.3. The lowest BCUT2D eigenvalue weighted by atomic mass is 9.97. The van der Waals surface area contributed by atoms with Crippen molar-refractivity contribution in [1.29, 1.82) is 0 Å².